The molecule has 1 saturated heterocycles. The number of amides is 1. The number of halogens is 1. The number of aromatic nitrogens is 3. The summed E-state index contributed by atoms with van der Waals surface area (Å²) in [6.45, 7) is 1.52. The molecule has 2 aromatic carbocycles. The number of aryl methyl sites for hydroxylation is 1. The van der Waals surface area contributed by atoms with Crippen LogP contribution in [-0.4, -0.2) is 32.1 Å². The number of rotatable bonds is 6. The highest BCUT2D eigenvalue weighted by molar-refractivity contribution is 5.79. The maximum Gasteiger partial charge on any atom is 0.343 e. The van der Waals surface area contributed by atoms with Gasteiger partial charge in [-0.3, -0.25) is 9.36 Å². The van der Waals surface area contributed by atoms with Gasteiger partial charge in [0.05, 0.1) is 0 Å². The lowest BCUT2D eigenvalue weighted by Gasteiger charge is -2.16. The van der Waals surface area contributed by atoms with Crippen molar-refractivity contribution < 1.29 is 9.18 Å². The molecule has 28 heavy (non-hydrogen) atoms. The topological polar surface area (TPSA) is 71.0 Å². The van der Waals surface area contributed by atoms with E-state index in [9.17, 15) is 14.0 Å². The Morgan fingerprint density at radius 2 is 1.79 bits per heavy atom. The van der Waals surface area contributed by atoms with Gasteiger partial charge in [-0.15, -0.1) is 0 Å². The van der Waals surface area contributed by atoms with Crippen LogP contribution in [0.3, 0.4) is 0 Å². The highest BCUT2D eigenvalue weighted by Gasteiger charge is 2.34. The van der Waals surface area contributed by atoms with Crippen LogP contribution in [0.1, 0.15) is 29.3 Å². The van der Waals surface area contributed by atoms with Crippen LogP contribution in [0.15, 0.2) is 59.4 Å². The number of carbonyl (C=O) groups is 1. The van der Waals surface area contributed by atoms with Gasteiger partial charge in [0.15, 0.2) is 0 Å². The summed E-state index contributed by atoms with van der Waals surface area (Å²) in [5, 5.41) is 6.69. The minimum absolute atomic E-state index is 0.0642. The highest BCUT2D eigenvalue weighted by atomic mass is 19.1. The van der Waals surface area contributed by atoms with E-state index in [0.717, 1.165) is 11.1 Å². The summed E-state index contributed by atoms with van der Waals surface area (Å²) in [6.07, 6.45) is 0.925. The Balaban J connectivity index is 1.47. The van der Waals surface area contributed by atoms with E-state index >= 15 is 0 Å². The standard InChI is InChI=1S/C21H21FN4O2/c22-18-8-6-15(7-9-18)10-11-26-20(23-24-21(26)28)17-12-19(27)25(14-17)13-16-4-2-1-3-5-16/h1-9,17H,10-14H2,(H,24,28)/t17-/m0/s1. The quantitative estimate of drug-likeness (QED) is 0.714. The summed E-state index contributed by atoms with van der Waals surface area (Å²) in [5.74, 6) is 0.265. The Hall–Kier alpha value is -3.22. The molecule has 1 atom stereocenters. The zero-order valence-electron chi connectivity index (χ0n) is 15.3. The van der Waals surface area contributed by atoms with Gasteiger partial charge in [-0.2, -0.15) is 5.10 Å². The molecule has 1 fully saturated rings. The molecule has 0 spiro atoms. The van der Waals surface area contributed by atoms with E-state index in [-0.39, 0.29) is 23.3 Å². The summed E-state index contributed by atoms with van der Waals surface area (Å²) in [6, 6.07) is 16.1. The normalized spacial score (nSPS) is 16.7. The van der Waals surface area contributed by atoms with E-state index in [4.69, 9.17) is 0 Å². The number of likely N-dealkylation sites (tertiary alicyclic amines) is 1. The summed E-state index contributed by atoms with van der Waals surface area (Å²) >= 11 is 0. The first-order valence-corrected chi connectivity index (χ1v) is 9.31. The maximum absolute atomic E-state index is 13.1. The van der Waals surface area contributed by atoms with Crippen molar-refractivity contribution in [2.45, 2.75) is 31.8 Å². The van der Waals surface area contributed by atoms with Crippen LogP contribution in [0.2, 0.25) is 0 Å². The molecule has 0 aliphatic carbocycles. The molecule has 0 unspecified atom stereocenters. The van der Waals surface area contributed by atoms with Crippen molar-refractivity contribution in [2.75, 3.05) is 6.54 Å². The van der Waals surface area contributed by atoms with Crippen molar-refractivity contribution >= 4 is 5.91 Å². The molecule has 1 amide bonds. The lowest BCUT2D eigenvalue weighted by Crippen LogP contribution is -2.25. The molecule has 3 aromatic rings. The Bertz CT molecular complexity index is 1010. The molecule has 0 bridgehead atoms. The van der Waals surface area contributed by atoms with Gasteiger partial charge >= 0.3 is 5.69 Å². The van der Waals surface area contributed by atoms with Gasteiger partial charge in [-0.05, 0) is 29.7 Å². The van der Waals surface area contributed by atoms with Crippen molar-refractivity contribution in [1.29, 1.82) is 0 Å². The molecule has 7 heteroatoms. The SMILES string of the molecule is O=C1C[C@H](c2n[nH]c(=O)n2CCc2ccc(F)cc2)CN1Cc1ccccc1. The minimum Gasteiger partial charge on any atom is -0.338 e. The molecular formula is C21H21FN4O2. The third kappa shape index (κ3) is 3.88. The predicted molar refractivity (Wildman–Crippen MR) is 102 cm³/mol. The second-order valence-electron chi connectivity index (χ2n) is 7.08. The van der Waals surface area contributed by atoms with Crippen LogP contribution in [0.5, 0.6) is 0 Å². The molecule has 1 N–H and O–H groups in total. The second-order valence-corrected chi connectivity index (χ2v) is 7.08. The lowest BCUT2D eigenvalue weighted by atomic mass is 10.1. The smallest absolute Gasteiger partial charge is 0.338 e. The highest BCUT2D eigenvalue weighted by Crippen LogP contribution is 2.27. The maximum atomic E-state index is 13.1. The van der Waals surface area contributed by atoms with Crippen molar-refractivity contribution in [3.05, 3.63) is 87.9 Å². The Morgan fingerprint density at radius 1 is 1.04 bits per heavy atom. The fourth-order valence-corrected chi connectivity index (χ4v) is 3.65. The van der Waals surface area contributed by atoms with Gasteiger partial charge in [-0.25, -0.2) is 14.3 Å². The third-order valence-electron chi connectivity index (χ3n) is 5.12. The van der Waals surface area contributed by atoms with E-state index < -0.39 is 0 Å². The van der Waals surface area contributed by atoms with Crippen LogP contribution in [0.4, 0.5) is 4.39 Å². The van der Waals surface area contributed by atoms with Crippen LogP contribution in [0.25, 0.3) is 0 Å². The van der Waals surface area contributed by atoms with Crippen LogP contribution in [-0.2, 0) is 24.3 Å². The van der Waals surface area contributed by atoms with Gasteiger partial charge in [0, 0.05) is 32.0 Å². The van der Waals surface area contributed by atoms with Crippen LogP contribution < -0.4 is 5.69 Å². The largest absolute Gasteiger partial charge is 0.343 e. The summed E-state index contributed by atoms with van der Waals surface area (Å²) < 4.78 is 14.6. The van der Waals surface area contributed by atoms with E-state index in [1.54, 1.807) is 16.7 Å². The number of nitrogens with zero attached hydrogens (tertiary/aromatic N) is 3. The van der Waals surface area contributed by atoms with Gasteiger partial charge in [0.2, 0.25) is 5.91 Å². The van der Waals surface area contributed by atoms with Crippen molar-refractivity contribution in [1.82, 2.24) is 19.7 Å². The zero-order valence-corrected chi connectivity index (χ0v) is 15.3. The molecular weight excluding hydrogens is 359 g/mol. The Kier molecular flexibility index (Phi) is 5.06. The first-order valence-electron chi connectivity index (χ1n) is 9.31. The molecule has 0 saturated carbocycles. The van der Waals surface area contributed by atoms with E-state index in [1.807, 2.05) is 35.2 Å². The van der Waals surface area contributed by atoms with Gasteiger partial charge in [-0.1, -0.05) is 42.5 Å². The molecule has 0 radical (unpaired) electrons. The Labute approximate surface area is 161 Å². The molecule has 1 aliphatic rings. The summed E-state index contributed by atoms with van der Waals surface area (Å²) in [5.41, 5.74) is 1.73. The van der Waals surface area contributed by atoms with E-state index in [0.29, 0.717) is 38.3 Å². The van der Waals surface area contributed by atoms with E-state index in [2.05, 4.69) is 10.2 Å². The van der Waals surface area contributed by atoms with Gasteiger partial charge in [0.25, 0.3) is 0 Å². The summed E-state index contributed by atoms with van der Waals surface area (Å²) in [4.78, 5) is 26.5. The van der Waals surface area contributed by atoms with Crippen LogP contribution in [0, 0.1) is 5.82 Å². The average molecular weight is 380 g/mol. The lowest BCUT2D eigenvalue weighted by molar-refractivity contribution is -0.128. The predicted octanol–water partition coefficient (Wildman–Crippen LogP) is 2.47. The second kappa shape index (κ2) is 7.80. The number of H-pyrrole nitrogens is 1. The number of aromatic amines is 1. The van der Waals surface area contributed by atoms with Gasteiger partial charge < -0.3 is 4.90 Å². The van der Waals surface area contributed by atoms with Crippen molar-refractivity contribution in [3.8, 4) is 0 Å². The minimum atomic E-state index is -0.286. The van der Waals surface area contributed by atoms with Crippen molar-refractivity contribution in [2.24, 2.45) is 0 Å². The molecule has 2 heterocycles. The van der Waals surface area contributed by atoms with Crippen molar-refractivity contribution in [3.63, 3.8) is 0 Å². The molecule has 144 valence electrons. The molecule has 1 aliphatic heterocycles. The summed E-state index contributed by atoms with van der Waals surface area (Å²) in [7, 11) is 0. The fraction of sp³-hybridized carbons (Fsp3) is 0.286. The monoisotopic (exact) mass is 380 g/mol. The number of hydrogen-bond donors (Lipinski definition) is 1. The fourth-order valence-electron chi connectivity index (χ4n) is 3.65. The third-order valence-corrected chi connectivity index (χ3v) is 5.12. The number of carbonyl (C=O) groups excluding carboxylic acids is 1. The average Bonchev–Trinajstić information content (AvgIpc) is 3.25. The van der Waals surface area contributed by atoms with Crippen LogP contribution >= 0.6 is 0 Å². The first kappa shape index (κ1) is 18.2. The zero-order chi connectivity index (χ0) is 19.5. The van der Waals surface area contributed by atoms with Gasteiger partial charge in [0.1, 0.15) is 11.6 Å². The Morgan fingerprint density at radius 3 is 2.54 bits per heavy atom. The molecule has 6 nitrogen and oxygen atoms in total. The number of hydrogen-bond acceptors (Lipinski definition) is 3. The molecule has 4 rings (SSSR count). The number of nitrogens with one attached hydrogen (secondary N) is 1. The first-order chi connectivity index (χ1) is 13.6. The number of benzene rings is 2. The van der Waals surface area contributed by atoms with E-state index in [1.165, 1.54) is 12.1 Å². The molecule has 1 aromatic heterocycles.